The number of nitrogens with one attached hydrogen (secondary N) is 1. The van der Waals surface area contributed by atoms with Crippen LogP contribution in [0.1, 0.15) is 5.76 Å². The summed E-state index contributed by atoms with van der Waals surface area (Å²) in [6.07, 6.45) is 0. The predicted octanol–water partition coefficient (Wildman–Crippen LogP) is 1.68. The van der Waals surface area contributed by atoms with Gasteiger partial charge in [0.15, 0.2) is 0 Å². The topological polar surface area (TPSA) is 85.3 Å². The molecule has 0 aliphatic rings. The van der Waals surface area contributed by atoms with Crippen molar-refractivity contribution in [1.82, 2.24) is 0 Å². The molecule has 0 saturated carbocycles. The van der Waals surface area contributed by atoms with Crippen LogP contribution in [0.2, 0.25) is 0 Å². The zero-order valence-electron chi connectivity index (χ0n) is 9.26. The summed E-state index contributed by atoms with van der Waals surface area (Å²) in [6.45, 7) is 0.0925. The number of anilines is 1. The highest BCUT2D eigenvalue weighted by Gasteiger charge is 2.19. The molecule has 0 radical (unpaired) electrons. The molecule has 1 heterocycles. The van der Waals surface area contributed by atoms with Gasteiger partial charge >= 0.3 is 0 Å². The van der Waals surface area contributed by atoms with E-state index in [1.807, 2.05) is 0 Å². The van der Waals surface area contributed by atoms with Crippen molar-refractivity contribution in [3.63, 3.8) is 0 Å². The summed E-state index contributed by atoms with van der Waals surface area (Å²) in [4.78, 5) is 0. The van der Waals surface area contributed by atoms with Gasteiger partial charge < -0.3 is 10.2 Å². The van der Waals surface area contributed by atoms with Crippen LogP contribution in [-0.4, -0.2) is 8.42 Å². The van der Waals surface area contributed by atoms with E-state index >= 15 is 0 Å². The van der Waals surface area contributed by atoms with Crippen LogP contribution in [-0.2, 0) is 16.6 Å². The molecular weight excluding hydrogens is 259 g/mol. The summed E-state index contributed by atoms with van der Waals surface area (Å²) in [5.41, 5.74) is 5.18. The molecule has 0 aliphatic heterocycles. The van der Waals surface area contributed by atoms with Gasteiger partial charge in [0.05, 0.1) is 12.2 Å². The third kappa shape index (κ3) is 2.52. The highest BCUT2D eigenvalue weighted by Crippen LogP contribution is 2.20. The number of hydrogen-bond donors (Lipinski definition) is 2. The first-order valence-electron chi connectivity index (χ1n) is 5.09. The number of halogens is 1. The fraction of sp³-hybridized carbons (Fsp3) is 0.0909. The van der Waals surface area contributed by atoms with Crippen LogP contribution in [0.25, 0.3) is 0 Å². The summed E-state index contributed by atoms with van der Waals surface area (Å²) >= 11 is 0. The maximum atomic E-state index is 13.3. The van der Waals surface area contributed by atoms with E-state index < -0.39 is 15.8 Å². The Morgan fingerprint density at radius 2 is 1.94 bits per heavy atom. The van der Waals surface area contributed by atoms with Crippen molar-refractivity contribution in [2.75, 3.05) is 4.72 Å². The molecule has 1 aromatic heterocycles. The Morgan fingerprint density at radius 1 is 1.22 bits per heavy atom. The maximum absolute atomic E-state index is 13.3. The molecule has 3 N–H and O–H groups in total. The second kappa shape index (κ2) is 4.79. The number of para-hydroxylation sites is 1. The van der Waals surface area contributed by atoms with Crippen LogP contribution >= 0.6 is 0 Å². The average Bonchev–Trinajstić information content (AvgIpc) is 2.81. The molecule has 0 unspecified atom stereocenters. The summed E-state index contributed by atoms with van der Waals surface area (Å²) in [5, 5.41) is -0.300. The molecule has 5 nitrogen and oxygen atoms in total. The van der Waals surface area contributed by atoms with Gasteiger partial charge in [-0.1, -0.05) is 12.1 Å². The van der Waals surface area contributed by atoms with Crippen LogP contribution in [0, 0.1) is 5.82 Å². The first kappa shape index (κ1) is 12.6. The van der Waals surface area contributed by atoms with E-state index in [9.17, 15) is 12.8 Å². The highest BCUT2D eigenvalue weighted by molar-refractivity contribution is 7.92. The lowest BCUT2D eigenvalue weighted by molar-refractivity contribution is 0.417. The van der Waals surface area contributed by atoms with Gasteiger partial charge in [-0.2, -0.15) is 8.42 Å². The third-order valence-corrected chi connectivity index (χ3v) is 3.46. The third-order valence-electron chi connectivity index (χ3n) is 2.22. The van der Waals surface area contributed by atoms with Crippen molar-refractivity contribution in [2.45, 2.75) is 11.6 Å². The SMILES string of the molecule is NCc1ccc(S(=O)(=O)Nc2ccccc2F)o1. The minimum absolute atomic E-state index is 0.0925. The molecule has 0 fully saturated rings. The van der Waals surface area contributed by atoms with Gasteiger partial charge in [-0.25, -0.2) is 4.39 Å². The van der Waals surface area contributed by atoms with Crippen LogP contribution in [0.5, 0.6) is 0 Å². The molecule has 2 rings (SSSR count). The van der Waals surface area contributed by atoms with E-state index in [1.165, 1.54) is 30.3 Å². The lowest BCUT2D eigenvalue weighted by atomic mass is 10.3. The van der Waals surface area contributed by atoms with Crippen molar-refractivity contribution < 1.29 is 17.2 Å². The van der Waals surface area contributed by atoms with Gasteiger partial charge in [-0.15, -0.1) is 0 Å². The molecule has 0 saturated heterocycles. The lowest BCUT2D eigenvalue weighted by Crippen LogP contribution is -2.13. The molecule has 1 aromatic carbocycles. The number of furan rings is 1. The summed E-state index contributed by atoms with van der Waals surface area (Å²) < 4.78 is 44.2. The van der Waals surface area contributed by atoms with E-state index in [0.29, 0.717) is 5.76 Å². The van der Waals surface area contributed by atoms with E-state index in [2.05, 4.69) is 4.72 Å². The molecule has 0 spiro atoms. The van der Waals surface area contributed by atoms with Crippen LogP contribution in [0.4, 0.5) is 10.1 Å². The molecular formula is C11H11FN2O3S. The zero-order chi connectivity index (χ0) is 13.2. The minimum atomic E-state index is -3.94. The van der Waals surface area contributed by atoms with Crippen LogP contribution < -0.4 is 10.5 Å². The highest BCUT2D eigenvalue weighted by atomic mass is 32.2. The normalized spacial score (nSPS) is 11.4. The number of rotatable bonds is 4. The van der Waals surface area contributed by atoms with E-state index in [-0.39, 0.29) is 17.3 Å². The van der Waals surface area contributed by atoms with Gasteiger partial charge in [0.25, 0.3) is 10.0 Å². The van der Waals surface area contributed by atoms with Crippen molar-refractivity contribution in [2.24, 2.45) is 5.73 Å². The molecule has 7 heteroatoms. The average molecular weight is 270 g/mol. The Bertz CT molecular complexity index is 652. The van der Waals surface area contributed by atoms with Crippen molar-refractivity contribution in [3.05, 3.63) is 48.0 Å². The summed E-state index contributed by atoms with van der Waals surface area (Å²) in [5.74, 6) is -0.324. The summed E-state index contributed by atoms with van der Waals surface area (Å²) in [7, 11) is -3.94. The quantitative estimate of drug-likeness (QED) is 0.885. The molecule has 2 aromatic rings. The Morgan fingerprint density at radius 3 is 2.56 bits per heavy atom. The molecule has 0 bridgehead atoms. The number of benzene rings is 1. The van der Waals surface area contributed by atoms with Gasteiger partial charge in [0.2, 0.25) is 5.09 Å². The van der Waals surface area contributed by atoms with E-state index in [4.69, 9.17) is 10.2 Å². The lowest BCUT2D eigenvalue weighted by Gasteiger charge is -2.06. The van der Waals surface area contributed by atoms with Crippen LogP contribution in [0.3, 0.4) is 0 Å². The molecule has 96 valence electrons. The minimum Gasteiger partial charge on any atom is -0.446 e. The Balaban J connectivity index is 2.30. The smallest absolute Gasteiger partial charge is 0.295 e. The second-order valence-corrected chi connectivity index (χ2v) is 5.12. The number of hydrogen-bond acceptors (Lipinski definition) is 4. The fourth-order valence-corrected chi connectivity index (χ4v) is 2.37. The first-order chi connectivity index (χ1) is 8.53. The van der Waals surface area contributed by atoms with Crippen molar-refractivity contribution in [3.8, 4) is 0 Å². The van der Waals surface area contributed by atoms with E-state index in [1.54, 1.807) is 0 Å². The standard InChI is InChI=1S/C11H11FN2O3S/c12-9-3-1-2-4-10(9)14-18(15,16)11-6-5-8(7-13)17-11/h1-6,14H,7,13H2. The van der Waals surface area contributed by atoms with Gasteiger partial charge in [-0.05, 0) is 24.3 Å². The van der Waals surface area contributed by atoms with Gasteiger partial charge in [0, 0.05) is 0 Å². The van der Waals surface area contributed by atoms with Crippen LogP contribution in [0.15, 0.2) is 45.9 Å². The molecule has 0 atom stereocenters. The maximum Gasteiger partial charge on any atom is 0.295 e. The van der Waals surface area contributed by atoms with Crippen molar-refractivity contribution >= 4 is 15.7 Å². The molecule has 18 heavy (non-hydrogen) atoms. The molecule has 0 amide bonds. The van der Waals surface area contributed by atoms with Gasteiger partial charge in [0.1, 0.15) is 11.6 Å². The second-order valence-electron chi connectivity index (χ2n) is 3.51. The van der Waals surface area contributed by atoms with E-state index in [0.717, 1.165) is 6.07 Å². The largest absolute Gasteiger partial charge is 0.446 e. The number of nitrogens with two attached hydrogens (primary N) is 1. The Kier molecular flexibility index (Phi) is 3.35. The predicted molar refractivity (Wildman–Crippen MR) is 63.8 cm³/mol. The molecule has 0 aliphatic carbocycles. The van der Waals surface area contributed by atoms with Gasteiger partial charge in [-0.3, -0.25) is 4.72 Å². The Hall–Kier alpha value is -1.86. The fourth-order valence-electron chi connectivity index (χ4n) is 1.35. The zero-order valence-corrected chi connectivity index (χ0v) is 10.1. The first-order valence-corrected chi connectivity index (χ1v) is 6.57. The summed E-state index contributed by atoms with van der Waals surface area (Å²) in [6, 6.07) is 8.19. The Labute approximate surface area is 103 Å². The number of sulfonamides is 1. The monoisotopic (exact) mass is 270 g/mol. The van der Waals surface area contributed by atoms with Crippen molar-refractivity contribution in [1.29, 1.82) is 0 Å².